The largest absolute Gasteiger partial charge is 0.458 e. The molecule has 3 atom stereocenters. The van der Waals surface area contributed by atoms with Gasteiger partial charge in [0.25, 0.3) is 0 Å². The van der Waals surface area contributed by atoms with Gasteiger partial charge in [-0.3, -0.25) is 9.48 Å². The van der Waals surface area contributed by atoms with E-state index in [1.165, 1.54) is 0 Å². The van der Waals surface area contributed by atoms with E-state index in [0.29, 0.717) is 19.4 Å². The van der Waals surface area contributed by atoms with E-state index in [9.17, 15) is 9.59 Å². The molecule has 7 heteroatoms. The first-order valence-electron chi connectivity index (χ1n) is 8.08. The second-order valence-corrected chi connectivity index (χ2v) is 6.70. The monoisotopic (exact) mass is 321 g/mol. The summed E-state index contributed by atoms with van der Waals surface area (Å²) in [6.07, 6.45) is 2.52. The van der Waals surface area contributed by atoms with Crippen LogP contribution in [0, 0.1) is 5.92 Å². The molecule has 1 unspecified atom stereocenters. The number of ether oxygens (including phenoxy) is 2. The molecule has 3 rings (SSSR count). The number of cyclic esters (lactones) is 1. The van der Waals surface area contributed by atoms with Crippen molar-refractivity contribution in [2.24, 2.45) is 5.92 Å². The molecule has 0 radical (unpaired) electrons. The van der Waals surface area contributed by atoms with Crippen molar-refractivity contribution in [2.75, 3.05) is 6.61 Å². The van der Waals surface area contributed by atoms with Gasteiger partial charge in [0.2, 0.25) is 5.91 Å². The Morgan fingerprint density at radius 3 is 2.96 bits per heavy atom. The third-order valence-corrected chi connectivity index (χ3v) is 4.44. The smallest absolute Gasteiger partial charge is 0.329 e. The van der Waals surface area contributed by atoms with Crippen LogP contribution >= 0.6 is 0 Å². The van der Waals surface area contributed by atoms with E-state index >= 15 is 0 Å². The zero-order chi connectivity index (χ0) is 16.6. The molecule has 0 spiro atoms. The van der Waals surface area contributed by atoms with Crippen molar-refractivity contribution in [1.29, 1.82) is 0 Å². The van der Waals surface area contributed by atoms with Crippen molar-refractivity contribution in [2.45, 2.75) is 57.9 Å². The van der Waals surface area contributed by atoms with Crippen LogP contribution in [0.1, 0.15) is 45.4 Å². The number of esters is 1. The number of amides is 1. The molecule has 0 aliphatic carbocycles. The van der Waals surface area contributed by atoms with Crippen LogP contribution in [-0.4, -0.2) is 39.9 Å². The van der Waals surface area contributed by atoms with Gasteiger partial charge in [-0.25, -0.2) is 4.79 Å². The van der Waals surface area contributed by atoms with Gasteiger partial charge in [0.05, 0.1) is 11.6 Å². The SMILES string of the molecule is CCn1nccc1[C@@H]1OCC[C@H]1C(=O)NC1CC(C)(C)OC1=O. The fourth-order valence-electron chi connectivity index (χ4n) is 3.35. The molecule has 2 aliphatic heterocycles. The number of rotatable bonds is 4. The first-order valence-corrected chi connectivity index (χ1v) is 8.08. The molecule has 1 amide bonds. The summed E-state index contributed by atoms with van der Waals surface area (Å²) in [5.41, 5.74) is 0.376. The molecule has 126 valence electrons. The zero-order valence-electron chi connectivity index (χ0n) is 13.7. The van der Waals surface area contributed by atoms with E-state index in [4.69, 9.17) is 9.47 Å². The first-order chi connectivity index (χ1) is 10.9. The molecule has 0 aromatic carbocycles. The van der Waals surface area contributed by atoms with E-state index in [1.54, 1.807) is 6.20 Å². The Morgan fingerprint density at radius 1 is 1.52 bits per heavy atom. The molecule has 2 saturated heterocycles. The summed E-state index contributed by atoms with van der Waals surface area (Å²) >= 11 is 0. The third-order valence-electron chi connectivity index (χ3n) is 4.44. The third kappa shape index (κ3) is 3.10. The highest BCUT2D eigenvalue weighted by molar-refractivity contribution is 5.87. The summed E-state index contributed by atoms with van der Waals surface area (Å²) in [6, 6.07) is 1.31. The number of hydrogen-bond donors (Lipinski definition) is 1. The second kappa shape index (κ2) is 5.96. The summed E-state index contributed by atoms with van der Waals surface area (Å²) in [7, 11) is 0. The molecule has 0 bridgehead atoms. The van der Waals surface area contributed by atoms with Crippen molar-refractivity contribution < 1.29 is 19.1 Å². The standard InChI is InChI=1S/C16H23N3O4/c1-4-19-12(5-7-17-19)13-10(6-8-22-13)14(20)18-11-9-16(2,3)23-15(11)21/h5,7,10-11,13H,4,6,8-9H2,1-3H3,(H,18,20)/t10-,11?,13-/m1/s1. The maximum Gasteiger partial charge on any atom is 0.329 e. The van der Waals surface area contributed by atoms with Gasteiger partial charge in [-0.2, -0.15) is 5.10 Å². The molecule has 1 N–H and O–H groups in total. The Kier molecular flexibility index (Phi) is 4.14. The molecule has 23 heavy (non-hydrogen) atoms. The summed E-state index contributed by atoms with van der Waals surface area (Å²) in [5, 5.41) is 7.07. The summed E-state index contributed by atoms with van der Waals surface area (Å²) in [4.78, 5) is 24.5. The molecule has 1 aromatic rings. The Labute approximate surface area is 135 Å². The lowest BCUT2D eigenvalue weighted by Crippen LogP contribution is -2.42. The topological polar surface area (TPSA) is 82.5 Å². The zero-order valence-corrected chi connectivity index (χ0v) is 13.7. The van der Waals surface area contributed by atoms with Crippen LogP contribution < -0.4 is 5.32 Å². The van der Waals surface area contributed by atoms with Gasteiger partial charge in [-0.1, -0.05) is 0 Å². The molecule has 7 nitrogen and oxygen atoms in total. The number of aryl methyl sites for hydroxylation is 1. The minimum Gasteiger partial charge on any atom is -0.458 e. The Morgan fingerprint density at radius 2 is 2.30 bits per heavy atom. The molecule has 3 heterocycles. The van der Waals surface area contributed by atoms with Crippen LogP contribution in [0.15, 0.2) is 12.3 Å². The van der Waals surface area contributed by atoms with E-state index < -0.39 is 11.6 Å². The normalized spacial score (nSPS) is 29.5. The molecule has 2 aliphatic rings. The number of carbonyl (C=O) groups is 2. The highest BCUT2D eigenvalue weighted by Crippen LogP contribution is 2.35. The molecular weight excluding hydrogens is 298 g/mol. The maximum absolute atomic E-state index is 12.6. The number of hydrogen-bond acceptors (Lipinski definition) is 5. The van der Waals surface area contributed by atoms with Gasteiger partial charge < -0.3 is 14.8 Å². The van der Waals surface area contributed by atoms with E-state index in [0.717, 1.165) is 12.2 Å². The fourth-order valence-corrected chi connectivity index (χ4v) is 3.35. The molecule has 0 saturated carbocycles. The minimum atomic E-state index is -0.574. The fraction of sp³-hybridized carbons (Fsp3) is 0.688. The number of carbonyl (C=O) groups excluding carboxylic acids is 2. The van der Waals surface area contributed by atoms with Crippen molar-refractivity contribution >= 4 is 11.9 Å². The number of nitrogens with zero attached hydrogens (tertiary/aromatic N) is 2. The lowest BCUT2D eigenvalue weighted by atomic mass is 9.96. The Balaban J connectivity index is 1.71. The van der Waals surface area contributed by atoms with Crippen LogP contribution in [0.5, 0.6) is 0 Å². The van der Waals surface area contributed by atoms with Crippen molar-refractivity contribution in [3.63, 3.8) is 0 Å². The highest BCUT2D eigenvalue weighted by atomic mass is 16.6. The predicted octanol–water partition coefficient (Wildman–Crippen LogP) is 1.19. The van der Waals surface area contributed by atoms with Gasteiger partial charge in [0.15, 0.2) is 0 Å². The van der Waals surface area contributed by atoms with Gasteiger partial charge in [-0.05, 0) is 33.3 Å². The lowest BCUT2D eigenvalue weighted by Gasteiger charge is -2.20. The summed E-state index contributed by atoms with van der Waals surface area (Å²) < 4.78 is 12.9. The van der Waals surface area contributed by atoms with Crippen LogP contribution in [0.2, 0.25) is 0 Å². The minimum absolute atomic E-state index is 0.156. The van der Waals surface area contributed by atoms with Crippen molar-refractivity contribution in [3.05, 3.63) is 18.0 Å². The number of aromatic nitrogens is 2. The quantitative estimate of drug-likeness (QED) is 0.842. The number of nitrogens with one attached hydrogen (secondary N) is 1. The van der Waals surface area contributed by atoms with E-state index in [2.05, 4.69) is 10.4 Å². The van der Waals surface area contributed by atoms with Gasteiger partial charge in [0.1, 0.15) is 17.7 Å². The highest BCUT2D eigenvalue weighted by Gasteiger charge is 2.43. The predicted molar refractivity (Wildman–Crippen MR) is 81.4 cm³/mol. The van der Waals surface area contributed by atoms with Crippen LogP contribution in [0.4, 0.5) is 0 Å². The lowest BCUT2D eigenvalue weighted by molar-refractivity contribution is -0.148. The van der Waals surface area contributed by atoms with Crippen molar-refractivity contribution in [3.8, 4) is 0 Å². The van der Waals surface area contributed by atoms with Crippen molar-refractivity contribution in [1.82, 2.24) is 15.1 Å². The second-order valence-electron chi connectivity index (χ2n) is 6.70. The van der Waals surface area contributed by atoms with Crippen LogP contribution in [-0.2, 0) is 25.6 Å². The summed E-state index contributed by atoms with van der Waals surface area (Å²) in [5.74, 6) is -0.832. The van der Waals surface area contributed by atoms with Crippen LogP contribution in [0.25, 0.3) is 0 Å². The van der Waals surface area contributed by atoms with E-state index in [-0.39, 0.29) is 23.9 Å². The average molecular weight is 321 g/mol. The van der Waals surface area contributed by atoms with Gasteiger partial charge >= 0.3 is 5.97 Å². The molecular formula is C16H23N3O4. The molecule has 1 aromatic heterocycles. The summed E-state index contributed by atoms with van der Waals surface area (Å²) in [6.45, 7) is 6.94. The maximum atomic E-state index is 12.6. The Hall–Kier alpha value is -1.89. The van der Waals surface area contributed by atoms with Gasteiger partial charge in [0, 0.05) is 25.8 Å². The van der Waals surface area contributed by atoms with E-state index in [1.807, 2.05) is 31.5 Å². The first kappa shape index (κ1) is 16.0. The average Bonchev–Trinajstić information content (AvgIpc) is 3.17. The van der Waals surface area contributed by atoms with Gasteiger partial charge in [-0.15, -0.1) is 0 Å². The Bertz CT molecular complexity index is 610. The molecule has 2 fully saturated rings. The van der Waals surface area contributed by atoms with Crippen LogP contribution in [0.3, 0.4) is 0 Å².